The summed E-state index contributed by atoms with van der Waals surface area (Å²) in [6, 6.07) is 11.5. The van der Waals surface area contributed by atoms with Gasteiger partial charge in [-0.25, -0.2) is 4.68 Å². The van der Waals surface area contributed by atoms with E-state index in [1.54, 1.807) is 16.9 Å². The maximum absolute atomic E-state index is 13.1. The summed E-state index contributed by atoms with van der Waals surface area (Å²) in [5, 5.41) is 4.50. The van der Waals surface area contributed by atoms with Gasteiger partial charge in [0, 0.05) is 45.3 Å². The third-order valence-electron chi connectivity index (χ3n) is 6.40. The lowest BCUT2D eigenvalue weighted by Crippen LogP contribution is -2.46. The van der Waals surface area contributed by atoms with Gasteiger partial charge < -0.3 is 14.7 Å². The molecule has 0 N–H and O–H groups in total. The molecule has 3 heterocycles. The Labute approximate surface area is 177 Å². The summed E-state index contributed by atoms with van der Waals surface area (Å²) < 4.78 is 1.58. The molecule has 2 saturated heterocycles. The van der Waals surface area contributed by atoms with Crippen molar-refractivity contribution in [3.63, 3.8) is 0 Å². The minimum atomic E-state index is -0.186. The van der Waals surface area contributed by atoms with Gasteiger partial charge in [0.15, 0.2) is 0 Å². The van der Waals surface area contributed by atoms with Crippen molar-refractivity contribution in [1.29, 1.82) is 0 Å². The number of hydrogen-bond donors (Lipinski definition) is 0. The second-order valence-electron chi connectivity index (χ2n) is 8.50. The number of rotatable bonds is 4. The maximum Gasteiger partial charge on any atom is 0.269 e. The average Bonchev–Trinajstić information content (AvgIpc) is 2.79. The molecule has 0 aliphatic carbocycles. The van der Waals surface area contributed by atoms with Crippen molar-refractivity contribution in [2.24, 2.45) is 0 Å². The molecular weight excluding hydrogens is 378 g/mol. The molecule has 160 valence electrons. The third-order valence-corrected chi connectivity index (χ3v) is 6.40. The van der Waals surface area contributed by atoms with Gasteiger partial charge in [0.25, 0.3) is 5.56 Å². The van der Waals surface area contributed by atoms with Crippen LogP contribution in [0.1, 0.15) is 37.3 Å². The highest BCUT2D eigenvalue weighted by atomic mass is 16.2. The van der Waals surface area contributed by atoms with Crippen molar-refractivity contribution in [3.05, 3.63) is 58.5 Å². The van der Waals surface area contributed by atoms with Crippen molar-refractivity contribution in [2.75, 3.05) is 51.2 Å². The van der Waals surface area contributed by atoms with E-state index in [1.807, 2.05) is 42.2 Å². The zero-order chi connectivity index (χ0) is 21.1. The van der Waals surface area contributed by atoms with E-state index in [-0.39, 0.29) is 23.4 Å². The Kier molecular flexibility index (Phi) is 6.18. The van der Waals surface area contributed by atoms with Gasteiger partial charge in [0.2, 0.25) is 5.91 Å². The number of anilines is 1. The third kappa shape index (κ3) is 4.41. The Morgan fingerprint density at radius 1 is 1.10 bits per heavy atom. The van der Waals surface area contributed by atoms with Crippen molar-refractivity contribution < 1.29 is 4.79 Å². The number of piperidine rings is 1. The van der Waals surface area contributed by atoms with E-state index < -0.39 is 0 Å². The Morgan fingerprint density at radius 2 is 1.83 bits per heavy atom. The summed E-state index contributed by atoms with van der Waals surface area (Å²) in [6.07, 6.45) is 3.55. The van der Waals surface area contributed by atoms with Crippen LogP contribution in [0.3, 0.4) is 0 Å². The number of nitrogens with zero attached hydrogens (tertiary/aromatic N) is 5. The van der Waals surface area contributed by atoms with Gasteiger partial charge in [-0.1, -0.05) is 30.3 Å². The van der Waals surface area contributed by atoms with Gasteiger partial charge in [0.1, 0.15) is 0 Å². The van der Waals surface area contributed by atoms with Crippen LogP contribution in [0.15, 0.2) is 47.4 Å². The van der Waals surface area contributed by atoms with Crippen molar-refractivity contribution in [3.8, 4) is 0 Å². The van der Waals surface area contributed by atoms with Gasteiger partial charge in [-0.3, -0.25) is 9.59 Å². The number of piperazine rings is 1. The van der Waals surface area contributed by atoms with Crippen molar-refractivity contribution >= 4 is 11.6 Å². The minimum absolute atomic E-state index is 0.0697. The number of amides is 1. The smallest absolute Gasteiger partial charge is 0.269 e. The van der Waals surface area contributed by atoms with E-state index in [0.717, 1.165) is 56.8 Å². The van der Waals surface area contributed by atoms with Crippen LogP contribution in [0.5, 0.6) is 0 Å². The molecule has 0 radical (unpaired) electrons. The SMILES string of the molecule is C[C@H](C(=O)N1CCC[C@@H](n2ncc(N3CCN(C)CC3)cc2=O)C1)c1ccccc1. The number of benzene rings is 1. The van der Waals surface area contributed by atoms with Gasteiger partial charge in [-0.2, -0.15) is 5.10 Å². The van der Waals surface area contributed by atoms with Gasteiger partial charge >= 0.3 is 0 Å². The molecule has 1 aromatic heterocycles. The highest BCUT2D eigenvalue weighted by molar-refractivity contribution is 5.83. The summed E-state index contributed by atoms with van der Waals surface area (Å²) in [7, 11) is 2.11. The molecular formula is C23H31N5O2. The van der Waals surface area contributed by atoms with E-state index in [9.17, 15) is 9.59 Å². The van der Waals surface area contributed by atoms with Crippen molar-refractivity contribution in [1.82, 2.24) is 19.6 Å². The lowest BCUT2D eigenvalue weighted by atomic mass is 9.97. The predicted molar refractivity (Wildman–Crippen MR) is 118 cm³/mol. The van der Waals surface area contributed by atoms with E-state index in [4.69, 9.17) is 0 Å². The van der Waals surface area contributed by atoms with Crippen molar-refractivity contribution in [2.45, 2.75) is 31.7 Å². The molecule has 7 heteroatoms. The monoisotopic (exact) mass is 409 g/mol. The van der Waals surface area contributed by atoms with Gasteiger partial charge in [-0.05, 0) is 32.4 Å². The molecule has 7 nitrogen and oxygen atoms in total. The maximum atomic E-state index is 13.1. The largest absolute Gasteiger partial charge is 0.368 e. The van der Waals surface area contributed by atoms with Gasteiger partial charge in [0.05, 0.1) is 23.8 Å². The molecule has 4 rings (SSSR count). The molecule has 0 unspecified atom stereocenters. The quantitative estimate of drug-likeness (QED) is 0.773. The number of likely N-dealkylation sites (N-methyl/N-ethyl adjacent to an activating group) is 1. The molecule has 1 amide bonds. The Morgan fingerprint density at radius 3 is 2.53 bits per heavy atom. The summed E-state index contributed by atoms with van der Waals surface area (Å²) in [5.74, 6) is -0.0674. The van der Waals surface area contributed by atoms with Gasteiger partial charge in [-0.15, -0.1) is 0 Å². The minimum Gasteiger partial charge on any atom is -0.368 e. The Balaban J connectivity index is 1.45. The number of aromatic nitrogens is 2. The molecule has 30 heavy (non-hydrogen) atoms. The van der Waals surface area contributed by atoms with E-state index in [0.29, 0.717) is 6.54 Å². The lowest BCUT2D eigenvalue weighted by Gasteiger charge is -2.35. The first-order valence-electron chi connectivity index (χ1n) is 10.9. The standard InChI is InChI=1S/C23H31N5O2/c1-18(19-7-4-3-5-8-19)23(30)27-10-6-9-20(17-27)28-22(29)15-21(16-24-28)26-13-11-25(2)12-14-26/h3-5,7-8,15-16,18,20H,6,9-14,17H2,1-2H3/t18-,20+/m0/s1. The molecule has 2 aliphatic heterocycles. The Hall–Kier alpha value is -2.67. The molecule has 2 aromatic rings. The number of likely N-dealkylation sites (tertiary alicyclic amines) is 1. The average molecular weight is 410 g/mol. The summed E-state index contributed by atoms with van der Waals surface area (Å²) in [4.78, 5) is 32.3. The molecule has 2 atom stereocenters. The number of hydrogen-bond acceptors (Lipinski definition) is 5. The molecule has 0 spiro atoms. The fourth-order valence-corrected chi connectivity index (χ4v) is 4.43. The first kappa shape index (κ1) is 20.6. The number of carbonyl (C=O) groups is 1. The summed E-state index contributed by atoms with van der Waals surface area (Å²) in [5.41, 5.74) is 1.84. The van der Waals surface area contributed by atoms with Crippen LogP contribution in [0.2, 0.25) is 0 Å². The fourth-order valence-electron chi connectivity index (χ4n) is 4.43. The first-order chi connectivity index (χ1) is 14.5. The topological polar surface area (TPSA) is 61.7 Å². The van der Waals surface area contributed by atoms with E-state index >= 15 is 0 Å². The van der Waals surface area contributed by atoms with Crippen LogP contribution in [0, 0.1) is 0 Å². The predicted octanol–water partition coefficient (Wildman–Crippen LogP) is 1.96. The van der Waals surface area contributed by atoms with Crippen LogP contribution in [0.25, 0.3) is 0 Å². The second kappa shape index (κ2) is 9.00. The molecule has 2 fully saturated rings. The van der Waals surface area contributed by atoms with E-state index in [1.165, 1.54) is 0 Å². The van der Waals surface area contributed by atoms with Crippen LogP contribution in [-0.2, 0) is 4.79 Å². The molecule has 1 aromatic carbocycles. The van der Waals surface area contributed by atoms with Crippen LogP contribution in [-0.4, -0.2) is 71.8 Å². The second-order valence-corrected chi connectivity index (χ2v) is 8.50. The zero-order valence-electron chi connectivity index (χ0n) is 17.9. The highest BCUT2D eigenvalue weighted by Crippen LogP contribution is 2.25. The number of carbonyl (C=O) groups excluding carboxylic acids is 1. The molecule has 2 aliphatic rings. The van der Waals surface area contributed by atoms with Crippen LogP contribution >= 0.6 is 0 Å². The Bertz CT molecular complexity index is 921. The fraction of sp³-hybridized carbons (Fsp3) is 0.522. The summed E-state index contributed by atoms with van der Waals surface area (Å²) in [6.45, 7) is 7.02. The highest BCUT2D eigenvalue weighted by Gasteiger charge is 2.29. The lowest BCUT2D eigenvalue weighted by molar-refractivity contribution is -0.134. The van der Waals surface area contributed by atoms with Crippen LogP contribution in [0.4, 0.5) is 5.69 Å². The van der Waals surface area contributed by atoms with E-state index in [2.05, 4.69) is 21.9 Å². The normalized spacial score (nSPS) is 21.5. The molecule has 0 bridgehead atoms. The molecule has 0 saturated carbocycles. The summed E-state index contributed by atoms with van der Waals surface area (Å²) >= 11 is 0. The van der Waals surface area contributed by atoms with Crippen LogP contribution < -0.4 is 10.5 Å². The zero-order valence-corrected chi connectivity index (χ0v) is 17.9. The first-order valence-corrected chi connectivity index (χ1v) is 10.9.